The van der Waals surface area contributed by atoms with Gasteiger partial charge >= 0.3 is 5.76 Å². The molecule has 1 N–H and O–H groups in total. The summed E-state index contributed by atoms with van der Waals surface area (Å²) in [5.41, 5.74) is 3.14. The van der Waals surface area contributed by atoms with E-state index in [1.165, 1.54) is 0 Å². The molecule has 3 aromatic rings. The Balaban J connectivity index is 1.37. The van der Waals surface area contributed by atoms with Crippen molar-refractivity contribution in [1.82, 2.24) is 4.57 Å². The molecule has 0 bridgehead atoms. The van der Waals surface area contributed by atoms with E-state index < -0.39 is 0 Å². The van der Waals surface area contributed by atoms with Crippen LogP contribution in [0, 0.1) is 0 Å². The number of nitrogens with zero attached hydrogens (tertiary/aromatic N) is 2. The quantitative estimate of drug-likeness (QED) is 0.711. The number of hydrogen-bond acceptors (Lipinski definition) is 5. The SMILES string of the molecule is O=C(CCCn1c(=O)oc2ccccc21)Nc1ccccc1N1CCOCC1. The van der Waals surface area contributed by atoms with E-state index in [9.17, 15) is 9.59 Å². The third-order valence-corrected chi connectivity index (χ3v) is 4.89. The van der Waals surface area contributed by atoms with E-state index in [4.69, 9.17) is 9.15 Å². The average molecular weight is 381 g/mol. The van der Waals surface area contributed by atoms with Crippen LogP contribution in [0.15, 0.2) is 57.7 Å². The van der Waals surface area contributed by atoms with Crippen molar-refractivity contribution in [2.45, 2.75) is 19.4 Å². The number of para-hydroxylation sites is 4. The Morgan fingerprint density at radius 2 is 1.79 bits per heavy atom. The second-order valence-electron chi connectivity index (χ2n) is 6.76. The number of benzene rings is 2. The molecule has 0 radical (unpaired) electrons. The number of hydrogen-bond donors (Lipinski definition) is 1. The van der Waals surface area contributed by atoms with Crippen LogP contribution in [0.2, 0.25) is 0 Å². The Morgan fingerprint density at radius 1 is 1.04 bits per heavy atom. The van der Waals surface area contributed by atoms with Crippen molar-refractivity contribution < 1.29 is 13.9 Å². The van der Waals surface area contributed by atoms with Gasteiger partial charge in [0, 0.05) is 26.1 Å². The summed E-state index contributed by atoms with van der Waals surface area (Å²) in [6.45, 7) is 3.44. The van der Waals surface area contributed by atoms with Crippen LogP contribution < -0.4 is 16.0 Å². The van der Waals surface area contributed by atoms with Crippen molar-refractivity contribution >= 4 is 28.4 Å². The Morgan fingerprint density at radius 3 is 2.64 bits per heavy atom. The minimum Gasteiger partial charge on any atom is -0.408 e. The van der Waals surface area contributed by atoms with Gasteiger partial charge in [-0.05, 0) is 30.7 Å². The number of ether oxygens (including phenoxy) is 1. The first kappa shape index (κ1) is 18.3. The maximum absolute atomic E-state index is 12.5. The number of amides is 1. The topological polar surface area (TPSA) is 76.7 Å². The molecule has 0 spiro atoms. The van der Waals surface area contributed by atoms with E-state index >= 15 is 0 Å². The van der Waals surface area contributed by atoms with E-state index in [2.05, 4.69) is 10.2 Å². The zero-order valence-corrected chi connectivity index (χ0v) is 15.6. The van der Waals surface area contributed by atoms with Crippen molar-refractivity contribution in [2.75, 3.05) is 36.5 Å². The molecule has 0 aliphatic carbocycles. The number of rotatable bonds is 6. The van der Waals surface area contributed by atoms with Crippen LogP contribution in [-0.2, 0) is 16.1 Å². The largest absolute Gasteiger partial charge is 0.419 e. The second kappa shape index (κ2) is 8.31. The molecule has 4 rings (SSSR count). The van der Waals surface area contributed by atoms with Crippen LogP contribution in [0.3, 0.4) is 0 Å². The van der Waals surface area contributed by atoms with Crippen LogP contribution in [0.5, 0.6) is 0 Å². The first-order valence-corrected chi connectivity index (χ1v) is 9.52. The summed E-state index contributed by atoms with van der Waals surface area (Å²) >= 11 is 0. The lowest BCUT2D eigenvalue weighted by Gasteiger charge is -2.30. The van der Waals surface area contributed by atoms with Crippen molar-refractivity contribution in [3.05, 3.63) is 59.1 Å². The zero-order valence-electron chi connectivity index (χ0n) is 15.6. The van der Waals surface area contributed by atoms with Crippen LogP contribution in [0.4, 0.5) is 11.4 Å². The molecule has 1 aromatic heterocycles. The van der Waals surface area contributed by atoms with E-state index in [1.807, 2.05) is 42.5 Å². The van der Waals surface area contributed by atoms with Gasteiger partial charge in [0.1, 0.15) is 0 Å². The van der Waals surface area contributed by atoms with Crippen molar-refractivity contribution in [3.8, 4) is 0 Å². The third-order valence-electron chi connectivity index (χ3n) is 4.89. The van der Waals surface area contributed by atoms with E-state index in [0.717, 1.165) is 30.0 Å². The molecular weight excluding hydrogens is 358 g/mol. The van der Waals surface area contributed by atoms with Gasteiger partial charge < -0.3 is 19.4 Å². The molecule has 28 heavy (non-hydrogen) atoms. The fraction of sp³-hybridized carbons (Fsp3) is 0.333. The Labute approximate surface area is 162 Å². The summed E-state index contributed by atoms with van der Waals surface area (Å²) in [4.78, 5) is 26.7. The average Bonchev–Trinajstić information content (AvgIpc) is 3.04. The number of morpholine rings is 1. The minimum absolute atomic E-state index is 0.0680. The van der Waals surface area contributed by atoms with Gasteiger partial charge in [-0.3, -0.25) is 9.36 Å². The van der Waals surface area contributed by atoms with Crippen LogP contribution in [-0.4, -0.2) is 36.8 Å². The highest BCUT2D eigenvalue weighted by atomic mass is 16.5. The summed E-state index contributed by atoms with van der Waals surface area (Å²) in [5.74, 6) is -0.458. The number of anilines is 2. The number of aryl methyl sites for hydroxylation is 1. The van der Waals surface area contributed by atoms with Gasteiger partial charge in [0.15, 0.2) is 5.58 Å². The van der Waals surface area contributed by atoms with E-state index in [-0.39, 0.29) is 11.7 Å². The highest BCUT2D eigenvalue weighted by Crippen LogP contribution is 2.26. The first-order valence-electron chi connectivity index (χ1n) is 9.52. The highest BCUT2D eigenvalue weighted by molar-refractivity contribution is 5.94. The number of oxazole rings is 1. The fourth-order valence-electron chi connectivity index (χ4n) is 3.50. The van der Waals surface area contributed by atoms with Gasteiger partial charge in [0.05, 0.1) is 30.1 Å². The van der Waals surface area contributed by atoms with Crippen LogP contribution in [0.1, 0.15) is 12.8 Å². The molecule has 2 aromatic carbocycles. The molecule has 7 heteroatoms. The summed E-state index contributed by atoms with van der Waals surface area (Å²) in [5, 5.41) is 3.01. The standard InChI is InChI=1S/C21H23N3O4/c25-20(10-5-11-24-18-8-3-4-9-19(18)28-21(24)26)22-16-6-1-2-7-17(16)23-12-14-27-15-13-23/h1-4,6-9H,5,10-15H2,(H,22,25). The second-order valence-corrected chi connectivity index (χ2v) is 6.76. The molecule has 146 valence electrons. The number of carbonyl (C=O) groups is 1. The number of carbonyl (C=O) groups excluding carboxylic acids is 1. The lowest BCUT2D eigenvalue weighted by Crippen LogP contribution is -2.36. The molecule has 1 amide bonds. The number of aromatic nitrogens is 1. The molecule has 7 nitrogen and oxygen atoms in total. The Bertz CT molecular complexity index is 1020. The molecular formula is C21H23N3O4. The van der Waals surface area contributed by atoms with Crippen molar-refractivity contribution in [2.24, 2.45) is 0 Å². The molecule has 1 aliphatic heterocycles. The molecule has 1 saturated heterocycles. The molecule has 1 aliphatic rings. The van der Waals surface area contributed by atoms with Gasteiger partial charge in [-0.2, -0.15) is 0 Å². The summed E-state index contributed by atoms with van der Waals surface area (Å²) < 4.78 is 12.2. The maximum Gasteiger partial charge on any atom is 0.419 e. The van der Waals surface area contributed by atoms with E-state index in [0.29, 0.717) is 38.2 Å². The van der Waals surface area contributed by atoms with Crippen LogP contribution >= 0.6 is 0 Å². The van der Waals surface area contributed by atoms with Crippen molar-refractivity contribution in [1.29, 1.82) is 0 Å². The summed E-state index contributed by atoms with van der Waals surface area (Å²) in [6, 6.07) is 15.1. The number of fused-ring (bicyclic) bond motifs is 1. The monoisotopic (exact) mass is 381 g/mol. The minimum atomic E-state index is -0.390. The van der Waals surface area contributed by atoms with Gasteiger partial charge in [0.2, 0.25) is 5.91 Å². The summed E-state index contributed by atoms with van der Waals surface area (Å²) in [6.07, 6.45) is 0.873. The van der Waals surface area contributed by atoms with E-state index in [1.54, 1.807) is 10.6 Å². The van der Waals surface area contributed by atoms with Gasteiger partial charge in [-0.25, -0.2) is 4.79 Å². The fourth-order valence-corrected chi connectivity index (χ4v) is 3.50. The number of nitrogens with one attached hydrogen (secondary N) is 1. The normalized spacial score (nSPS) is 14.4. The molecule has 1 fully saturated rings. The Kier molecular flexibility index (Phi) is 5.43. The third kappa shape index (κ3) is 3.94. The highest BCUT2D eigenvalue weighted by Gasteiger charge is 2.16. The lowest BCUT2D eigenvalue weighted by atomic mass is 10.2. The Hall–Kier alpha value is -3.06. The van der Waals surface area contributed by atoms with Gasteiger partial charge in [-0.1, -0.05) is 24.3 Å². The molecule has 0 atom stereocenters. The van der Waals surface area contributed by atoms with Crippen LogP contribution in [0.25, 0.3) is 11.1 Å². The first-order chi connectivity index (χ1) is 13.7. The predicted octanol–water partition coefficient (Wildman–Crippen LogP) is 2.85. The van der Waals surface area contributed by atoms with Crippen molar-refractivity contribution in [3.63, 3.8) is 0 Å². The summed E-state index contributed by atoms with van der Waals surface area (Å²) in [7, 11) is 0. The maximum atomic E-state index is 12.5. The smallest absolute Gasteiger partial charge is 0.408 e. The molecule has 0 unspecified atom stereocenters. The predicted molar refractivity (Wildman–Crippen MR) is 108 cm³/mol. The van der Waals surface area contributed by atoms with Gasteiger partial charge in [0.25, 0.3) is 0 Å². The molecule has 2 heterocycles. The van der Waals surface area contributed by atoms with Gasteiger partial charge in [-0.15, -0.1) is 0 Å². The molecule has 0 saturated carbocycles. The lowest BCUT2D eigenvalue weighted by molar-refractivity contribution is -0.116. The zero-order chi connectivity index (χ0) is 19.3.